The fraction of sp³-hybridized carbons (Fsp3) is 0.217. The Morgan fingerprint density at radius 1 is 1.21 bits per heavy atom. The van der Waals surface area contributed by atoms with Gasteiger partial charge in [-0.3, -0.25) is 14.6 Å². The Balaban J connectivity index is 1.89. The van der Waals surface area contributed by atoms with Crippen LogP contribution in [0.25, 0.3) is 10.8 Å². The summed E-state index contributed by atoms with van der Waals surface area (Å²) in [6.45, 7) is 0.244. The van der Waals surface area contributed by atoms with Crippen molar-refractivity contribution in [2.75, 3.05) is 13.6 Å². The van der Waals surface area contributed by atoms with E-state index in [1.54, 1.807) is 25.2 Å². The lowest BCUT2D eigenvalue weighted by Gasteiger charge is -2.13. The zero-order chi connectivity index (χ0) is 24.0. The topological polar surface area (TPSA) is 121 Å². The molecule has 8 nitrogen and oxygen atoms in total. The summed E-state index contributed by atoms with van der Waals surface area (Å²) in [6, 6.07) is 8.49. The van der Waals surface area contributed by atoms with E-state index in [2.05, 4.69) is 15.3 Å². The highest BCUT2D eigenvalue weighted by Crippen LogP contribution is 2.35. The molecule has 0 fully saturated rings. The maximum Gasteiger partial charge on any atom is 0.303 e. The molecule has 2 aromatic carbocycles. The van der Waals surface area contributed by atoms with Crippen molar-refractivity contribution in [2.24, 2.45) is 4.99 Å². The number of aromatic hydroxyl groups is 1. The van der Waals surface area contributed by atoms with Crippen molar-refractivity contribution < 1.29 is 28.9 Å². The number of aromatic nitrogens is 1. The molecular weight excluding hydrogens is 453 g/mol. The van der Waals surface area contributed by atoms with Crippen LogP contribution < -0.4 is 10.1 Å². The van der Waals surface area contributed by atoms with Crippen LogP contribution in [0.5, 0.6) is 17.2 Å². The van der Waals surface area contributed by atoms with Gasteiger partial charge in [-0.25, -0.2) is 9.37 Å². The summed E-state index contributed by atoms with van der Waals surface area (Å²) in [5, 5.41) is 22.9. The van der Waals surface area contributed by atoms with E-state index < -0.39 is 17.7 Å². The van der Waals surface area contributed by atoms with E-state index >= 15 is 0 Å². The van der Waals surface area contributed by atoms with E-state index in [1.807, 2.05) is 0 Å². The number of carboxylic acid groups (broad SMARTS) is 1. The number of unbranched alkanes of at least 4 members (excludes halogenated alkanes) is 1. The van der Waals surface area contributed by atoms with Gasteiger partial charge in [0.15, 0.2) is 11.4 Å². The molecular formula is C23H21ClFN3O5. The lowest BCUT2D eigenvalue weighted by molar-refractivity contribution is -0.137. The zero-order valence-electron chi connectivity index (χ0n) is 17.6. The maximum atomic E-state index is 13.3. The summed E-state index contributed by atoms with van der Waals surface area (Å²) in [5.41, 5.74) is 0.155. The summed E-state index contributed by atoms with van der Waals surface area (Å²) >= 11 is 6.02. The summed E-state index contributed by atoms with van der Waals surface area (Å²) in [5.74, 6) is -1.68. The molecule has 33 heavy (non-hydrogen) atoms. The lowest BCUT2D eigenvalue weighted by atomic mass is 10.1. The van der Waals surface area contributed by atoms with Crippen LogP contribution in [0.15, 0.2) is 41.4 Å². The van der Waals surface area contributed by atoms with Crippen molar-refractivity contribution in [3.8, 4) is 17.2 Å². The molecule has 0 aliphatic heterocycles. The molecule has 172 valence electrons. The van der Waals surface area contributed by atoms with Crippen LogP contribution in [0.4, 0.5) is 4.39 Å². The Morgan fingerprint density at radius 2 is 2.00 bits per heavy atom. The number of aliphatic imine (C=N–C) groups is 1. The van der Waals surface area contributed by atoms with Crippen molar-refractivity contribution in [1.82, 2.24) is 10.3 Å². The molecule has 1 heterocycles. The molecule has 0 unspecified atom stereocenters. The number of rotatable bonds is 9. The van der Waals surface area contributed by atoms with Gasteiger partial charge in [-0.15, -0.1) is 0 Å². The summed E-state index contributed by atoms with van der Waals surface area (Å²) in [4.78, 5) is 31.4. The minimum atomic E-state index is -0.899. The minimum absolute atomic E-state index is 0.0139. The van der Waals surface area contributed by atoms with Crippen molar-refractivity contribution in [3.63, 3.8) is 0 Å². The second-order valence-electron chi connectivity index (χ2n) is 7.07. The largest absolute Gasteiger partial charge is 0.505 e. The van der Waals surface area contributed by atoms with Crippen molar-refractivity contribution in [1.29, 1.82) is 0 Å². The summed E-state index contributed by atoms with van der Waals surface area (Å²) in [6.07, 6.45) is 2.35. The molecule has 0 aliphatic carbocycles. The Hall–Kier alpha value is -3.72. The van der Waals surface area contributed by atoms with E-state index in [9.17, 15) is 19.1 Å². The third-order valence-electron chi connectivity index (χ3n) is 4.67. The SMILES string of the molecule is CN=Cc1nc(C(=O)NCCCCC(=O)O)c(O)c2ccc(Oc3ccc(F)cc3Cl)cc12. The standard InChI is InChI=1S/C23H21ClFN3O5/c1-26-12-18-16-11-14(33-19-8-5-13(25)10-17(19)24)6-7-15(16)22(31)21(28-18)23(32)27-9-3-2-4-20(29)30/h5-8,10-12,31H,2-4,9H2,1H3,(H,27,32)(H,29,30). The molecule has 3 N–H and O–H groups in total. The second kappa shape index (κ2) is 10.7. The number of nitrogens with one attached hydrogen (secondary N) is 1. The molecule has 0 bridgehead atoms. The predicted molar refractivity (Wildman–Crippen MR) is 122 cm³/mol. The number of hydrogen-bond acceptors (Lipinski definition) is 6. The highest BCUT2D eigenvalue weighted by atomic mass is 35.5. The molecule has 0 aliphatic rings. The second-order valence-corrected chi connectivity index (χ2v) is 7.48. The molecule has 0 atom stereocenters. The average Bonchev–Trinajstić information content (AvgIpc) is 2.77. The lowest BCUT2D eigenvalue weighted by Crippen LogP contribution is -2.26. The Morgan fingerprint density at radius 3 is 2.70 bits per heavy atom. The number of nitrogens with zero attached hydrogens (tertiary/aromatic N) is 2. The number of carbonyl (C=O) groups is 2. The van der Waals surface area contributed by atoms with Crippen LogP contribution in [0, 0.1) is 5.82 Å². The number of pyridine rings is 1. The van der Waals surface area contributed by atoms with Crippen molar-refractivity contribution in [2.45, 2.75) is 19.3 Å². The molecule has 0 saturated heterocycles. The molecule has 0 radical (unpaired) electrons. The molecule has 0 spiro atoms. The molecule has 3 rings (SSSR count). The van der Waals surface area contributed by atoms with E-state index in [4.69, 9.17) is 21.4 Å². The first-order valence-corrected chi connectivity index (χ1v) is 10.4. The third kappa shape index (κ3) is 5.95. The zero-order valence-corrected chi connectivity index (χ0v) is 18.4. The molecule has 1 amide bonds. The predicted octanol–water partition coefficient (Wildman–Crippen LogP) is 4.56. The number of hydrogen-bond donors (Lipinski definition) is 3. The first-order chi connectivity index (χ1) is 15.8. The van der Waals surface area contributed by atoms with Gasteiger partial charge < -0.3 is 20.3 Å². The number of aliphatic carboxylic acids is 1. The van der Waals surface area contributed by atoms with Gasteiger partial charge in [-0.05, 0) is 49.2 Å². The maximum absolute atomic E-state index is 13.3. The van der Waals surface area contributed by atoms with Crippen LogP contribution in [0.3, 0.4) is 0 Å². The summed E-state index contributed by atoms with van der Waals surface area (Å²) < 4.78 is 19.0. The Bertz CT molecular complexity index is 1230. The number of fused-ring (bicyclic) bond motifs is 1. The highest BCUT2D eigenvalue weighted by Gasteiger charge is 2.19. The smallest absolute Gasteiger partial charge is 0.303 e. The van der Waals surface area contributed by atoms with E-state index in [0.717, 1.165) is 6.07 Å². The quantitative estimate of drug-likeness (QED) is 0.309. The molecule has 0 saturated carbocycles. The monoisotopic (exact) mass is 473 g/mol. The number of carboxylic acids is 1. The van der Waals surface area contributed by atoms with Crippen LogP contribution in [-0.2, 0) is 4.79 Å². The fourth-order valence-electron chi connectivity index (χ4n) is 3.12. The molecule has 1 aromatic heterocycles. The Labute approximate surface area is 193 Å². The average molecular weight is 474 g/mol. The van der Waals surface area contributed by atoms with Crippen LogP contribution in [0.1, 0.15) is 35.4 Å². The minimum Gasteiger partial charge on any atom is -0.505 e. The number of carbonyl (C=O) groups excluding carboxylic acids is 1. The van der Waals surface area contributed by atoms with Gasteiger partial charge in [0, 0.05) is 37.0 Å². The van der Waals surface area contributed by atoms with Crippen molar-refractivity contribution >= 4 is 40.5 Å². The van der Waals surface area contributed by atoms with E-state index in [-0.39, 0.29) is 35.2 Å². The summed E-state index contributed by atoms with van der Waals surface area (Å²) in [7, 11) is 1.54. The van der Waals surface area contributed by atoms with Crippen molar-refractivity contribution in [3.05, 3.63) is 58.6 Å². The first kappa shape index (κ1) is 23.9. The van der Waals surface area contributed by atoms with Gasteiger partial charge in [-0.2, -0.15) is 0 Å². The van der Waals surface area contributed by atoms with Crippen LogP contribution >= 0.6 is 11.6 Å². The van der Waals surface area contributed by atoms with Crippen LogP contribution in [0.2, 0.25) is 5.02 Å². The van der Waals surface area contributed by atoms with Crippen LogP contribution in [-0.4, -0.2) is 46.9 Å². The van der Waals surface area contributed by atoms with E-state index in [1.165, 1.54) is 18.3 Å². The number of ether oxygens (including phenoxy) is 1. The van der Waals surface area contributed by atoms with Gasteiger partial charge in [0.1, 0.15) is 17.3 Å². The van der Waals surface area contributed by atoms with Gasteiger partial charge in [0.2, 0.25) is 0 Å². The van der Waals surface area contributed by atoms with Gasteiger partial charge in [0.25, 0.3) is 5.91 Å². The number of amides is 1. The normalized spacial score (nSPS) is 11.1. The Kier molecular flexibility index (Phi) is 7.78. The molecule has 3 aromatic rings. The highest BCUT2D eigenvalue weighted by molar-refractivity contribution is 6.32. The van der Waals surface area contributed by atoms with E-state index in [0.29, 0.717) is 35.1 Å². The van der Waals surface area contributed by atoms with Gasteiger partial charge >= 0.3 is 5.97 Å². The van der Waals surface area contributed by atoms with Gasteiger partial charge in [-0.1, -0.05) is 11.6 Å². The third-order valence-corrected chi connectivity index (χ3v) is 4.97. The fourth-order valence-corrected chi connectivity index (χ4v) is 3.32. The van der Waals surface area contributed by atoms with Gasteiger partial charge in [0.05, 0.1) is 10.7 Å². The first-order valence-electron chi connectivity index (χ1n) is 10.0. The molecule has 10 heteroatoms. The number of benzene rings is 2. The number of halogens is 2.